The first kappa shape index (κ1) is 23.1. The van der Waals surface area contributed by atoms with Gasteiger partial charge in [-0.05, 0) is 111 Å². The second-order valence-electron chi connectivity index (χ2n) is 10.0. The van der Waals surface area contributed by atoms with Gasteiger partial charge in [-0.15, -0.1) is 6.58 Å². The highest BCUT2D eigenvalue weighted by Crippen LogP contribution is 2.42. The Morgan fingerprint density at radius 3 is 2.09 bits per heavy atom. The molecule has 2 aliphatic carbocycles. The molecule has 0 radical (unpaired) electrons. The van der Waals surface area contributed by atoms with Crippen molar-refractivity contribution in [3.63, 3.8) is 0 Å². The number of hydrogen-bond donors (Lipinski definition) is 0. The summed E-state index contributed by atoms with van der Waals surface area (Å²) in [5, 5.41) is 0. The van der Waals surface area contributed by atoms with Gasteiger partial charge in [0.15, 0.2) is 11.6 Å². The first-order valence-electron chi connectivity index (χ1n) is 12.8. The molecule has 0 aromatic heterocycles. The van der Waals surface area contributed by atoms with Crippen molar-refractivity contribution in [2.45, 2.75) is 71.1 Å². The Kier molecular flexibility index (Phi) is 8.05. The fourth-order valence-corrected chi connectivity index (χ4v) is 5.99. The van der Waals surface area contributed by atoms with Crippen LogP contribution in [0.3, 0.4) is 0 Å². The van der Waals surface area contributed by atoms with Crippen molar-refractivity contribution in [2.24, 2.45) is 23.7 Å². The molecule has 0 amide bonds. The Balaban J connectivity index is 1.23. The quantitative estimate of drug-likeness (QED) is 0.378. The molecule has 4 rings (SSSR count). The minimum atomic E-state index is -0.294. The van der Waals surface area contributed by atoms with Crippen LogP contribution in [0.2, 0.25) is 0 Å². The Hall–Kier alpha value is -2.09. The molecule has 0 atom stereocenters. The highest BCUT2D eigenvalue weighted by Gasteiger charge is 2.30. The van der Waals surface area contributed by atoms with Crippen LogP contribution in [0.4, 0.5) is 4.39 Å². The molecule has 0 spiro atoms. The maximum absolute atomic E-state index is 14.2. The van der Waals surface area contributed by atoms with Crippen molar-refractivity contribution < 1.29 is 9.13 Å². The van der Waals surface area contributed by atoms with Crippen LogP contribution in [0.15, 0.2) is 55.1 Å². The van der Waals surface area contributed by atoms with E-state index in [1.54, 1.807) is 12.1 Å². The average Bonchev–Trinajstić information content (AvgIpc) is 2.85. The lowest BCUT2D eigenvalue weighted by Gasteiger charge is -2.37. The van der Waals surface area contributed by atoms with Gasteiger partial charge in [0.25, 0.3) is 0 Å². The molecule has 2 aliphatic rings. The summed E-state index contributed by atoms with van der Waals surface area (Å²) in [5.41, 5.74) is 3.35. The summed E-state index contributed by atoms with van der Waals surface area (Å²) in [4.78, 5) is 0. The number of aryl methyl sites for hydroxylation is 1. The SMILES string of the molecule is C=CC1CCC(C2CCC(CCc3ccc(-c4ccc(OCC)c(F)c4)cc3)CC2)CC1. The van der Waals surface area contributed by atoms with Crippen LogP contribution < -0.4 is 4.74 Å². The molecule has 172 valence electrons. The Morgan fingerprint density at radius 2 is 1.50 bits per heavy atom. The summed E-state index contributed by atoms with van der Waals surface area (Å²) in [7, 11) is 0. The van der Waals surface area contributed by atoms with Gasteiger partial charge in [-0.2, -0.15) is 0 Å². The number of hydrogen-bond acceptors (Lipinski definition) is 1. The molecule has 0 heterocycles. The molecule has 0 aliphatic heterocycles. The first-order chi connectivity index (χ1) is 15.7. The average molecular weight is 435 g/mol. The van der Waals surface area contributed by atoms with E-state index in [4.69, 9.17) is 4.74 Å². The molecule has 2 aromatic carbocycles. The maximum atomic E-state index is 14.2. The van der Waals surface area contributed by atoms with E-state index in [-0.39, 0.29) is 5.82 Å². The van der Waals surface area contributed by atoms with Crippen LogP contribution in [0.1, 0.15) is 70.3 Å². The van der Waals surface area contributed by atoms with E-state index < -0.39 is 0 Å². The monoisotopic (exact) mass is 434 g/mol. The van der Waals surface area contributed by atoms with E-state index in [9.17, 15) is 4.39 Å². The van der Waals surface area contributed by atoms with Crippen LogP contribution >= 0.6 is 0 Å². The van der Waals surface area contributed by atoms with Crippen LogP contribution in [-0.4, -0.2) is 6.61 Å². The fraction of sp³-hybridized carbons (Fsp3) is 0.533. The van der Waals surface area contributed by atoms with Gasteiger partial charge >= 0.3 is 0 Å². The molecule has 1 nitrogen and oxygen atoms in total. The topological polar surface area (TPSA) is 9.23 Å². The molecular formula is C30H39FO. The summed E-state index contributed by atoms with van der Waals surface area (Å²) in [6, 6.07) is 13.9. The highest BCUT2D eigenvalue weighted by molar-refractivity contribution is 5.64. The summed E-state index contributed by atoms with van der Waals surface area (Å²) >= 11 is 0. The second-order valence-corrected chi connectivity index (χ2v) is 10.0. The molecule has 2 heteroatoms. The van der Waals surface area contributed by atoms with Crippen molar-refractivity contribution in [1.82, 2.24) is 0 Å². The van der Waals surface area contributed by atoms with Gasteiger partial charge in [-0.25, -0.2) is 4.39 Å². The van der Waals surface area contributed by atoms with Crippen LogP contribution in [0.5, 0.6) is 5.75 Å². The smallest absolute Gasteiger partial charge is 0.165 e. The lowest BCUT2D eigenvalue weighted by Crippen LogP contribution is -2.25. The van der Waals surface area contributed by atoms with Gasteiger partial charge in [0.1, 0.15) is 0 Å². The van der Waals surface area contributed by atoms with E-state index in [2.05, 4.69) is 36.9 Å². The van der Waals surface area contributed by atoms with Crippen molar-refractivity contribution in [3.8, 4) is 16.9 Å². The molecule has 0 unspecified atom stereocenters. The zero-order valence-electron chi connectivity index (χ0n) is 19.7. The molecule has 0 N–H and O–H groups in total. The lowest BCUT2D eigenvalue weighted by atomic mass is 9.68. The third-order valence-electron chi connectivity index (χ3n) is 8.07. The normalized spacial score (nSPS) is 25.9. The third-order valence-corrected chi connectivity index (χ3v) is 8.07. The van der Waals surface area contributed by atoms with E-state index in [0.717, 1.165) is 41.2 Å². The predicted molar refractivity (Wildman–Crippen MR) is 132 cm³/mol. The Labute approximate surface area is 194 Å². The van der Waals surface area contributed by atoms with Crippen molar-refractivity contribution >= 4 is 0 Å². The largest absolute Gasteiger partial charge is 0.491 e. The second kappa shape index (κ2) is 11.2. The standard InChI is InChI=1S/C30H39FO/c1-3-22-7-13-25(14-8-22)26-15-9-23(10-16-26)5-6-24-11-17-27(18-12-24)28-19-20-30(32-4-2)29(31)21-28/h3,11-12,17-23,25-26H,1,4-10,13-16H2,2H3. The molecule has 2 fully saturated rings. The van der Waals surface area contributed by atoms with Crippen LogP contribution in [-0.2, 0) is 6.42 Å². The maximum Gasteiger partial charge on any atom is 0.165 e. The number of ether oxygens (including phenoxy) is 1. The van der Waals surface area contributed by atoms with Gasteiger partial charge in [-0.3, -0.25) is 0 Å². The van der Waals surface area contributed by atoms with Gasteiger partial charge in [0.05, 0.1) is 6.61 Å². The predicted octanol–water partition coefficient (Wildman–Crippen LogP) is 8.62. The van der Waals surface area contributed by atoms with E-state index >= 15 is 0 Å². The van der Waals surface area contributed by atoms with Crippen molar-refractivity contribution in [3.05, 3.63) is 66.5 Å². The van der Waals surface area contributed by atoms with E-state index in [0.29, 0.717) is 12.4 Å². The molecule has 0 saturated heterocycles. The van der Waals surface area contributed by atoms with Crippen LogP contribution in [0, 0.1) is 29.5 Å². The molecule has 0 bridgehead atoms. The Morgan fingerprint density at radius 1 is 0.875 bits per heavy atom. The van der Waals surface area contributed by atoms with Gasteiger partial charge in [0.2, 0.25) is 0 Å². The lowest BCUT2D eigenvalue weighted by molar-refractivity contribution is 0.153. The van der Waals surface area contributed by atoms with E-state index in [1.807, 2.05) is 13.0 Å². The van der Waals surface area contributed by atoms with Gasteiger partial charge in [0, 0.05) is 0 Å². The van der Waals surface area contributed by atoms with Crippen molar-refractivity contribution in [1.29, 1.82) is 0 Å². The first-order valence-corrected chi connectivity index (χ1v) is 12.8. The zero-order valence-corrected chi connectivity index (χ0v) is 19.7. The molecule has 2 saturated carbocycles. The van der Waals surface area contributed by atoms with Gasteiger partial charge in [-0.1, -0.05) is 49.2 Å². The summed E-state index contributed by atoms with van der Waals surface area (Å²) in [5.74, 6) is 3.65. The van der Waals surface area contributed by atoms with E-state index in [1.165, 1.54) is 63.4 Å². The number of allylic oxidation sites excluding steroid dienone is 1. The Bertz CT molecular complexity index is 855. The fourth-order valence-electron chi connectivity index (χ4n) is 5.99. The molecular weight excluding hydrogens is 395 g/mol. The van der Waals surface area contributed by atoms with Crippen molar-refractivity contribution in [2.75, 3.05) is 6.61 Å². The minimum absolute atomic E-state index is 0.294. The number of halogens is 1. The summed E-state index contributed by atoms with van der Waals surface area (Å²) in [6.07, 6.45) is 15.9. The summed E-state index contributed by atoms with van der Waals surface area (Å²) in [6.45, 7) is 6.33. The zero-order chi connectivity index (χ0) is 22.3. The third kappa shape index (κ3) is 5.82. The van der Waals surface area contributed by atoms with Crippen LogP contribution in [0.25, 0.3) is 11.1 Å². The number of rotatable bonds is 8. The number of benzene rings is 2. The molecule has 32 heavy (non-hydrogen) atoms. The van der Waals surface area contributed by atoms with Gasteiger partial charge < -0.3 is 4.74 Å². The molecule has 2 aromatic rings. The minimum Gasteiger partial charge on any atom is -0.491 e. The summed E-state index contributed by atoms with van der Waals surface area (Å²) < 4.78 is 19.5. The highest BCUT2D eigenvalue weighted by atomic mass is 19.1.